The summed E-state index contributed by atoms with van der Waals surface area (Å²) in [4.78, 5) is 27.0. The van der Waals surface area contributed by atoms with Gasteiger partial charge in [-0.05, 0) is 54.4 Å². The van der Waals surface area contributed by atoms with Crippen molar-refractivity contribution in [3.63, 3.8) is 0 Å². The molecule has 1 aromatic carbocycles. The summed E-state index contributed by atoms with van der Waals surface area (Å²) in [7, 11) is 3.06. The zero-order chi connectivity index (χ0) is 28.2. The second-order valence-electron chi connectivity index (χ2n) is 11.2. The molecule has 39 heavy (non-hydrogen) atoms. The van der Waals surface area contributed by atoms with Crippen molar-refractivity contribution < 1.29 is 34.0 Å². The Bertz CT molecular complexity index is 1120. The van der Waals surface area contributed by atoms with Crippen molar-refractivity contribution in [1.29, 1.82) is 0 Å². The highest BCUT2D eigenvalue weighted by Gasteiger charge is 2.60. The number of aliphatic hydroxyl groups excluding tert-OH is 2. The number of thiophene rings is 1. The minimum Gasteiger partial charge on any atom is -0.497 e. The summed E-state index contributed by atoms with van der Waals surface area (Å²) in [6.07, 6.45) is 0.834. The third-order valence-electron chi connectivity index (χ3n) is 8.97. The molecule has 0 saturated heterocycles. The Morgan fingerprint density at radius 2 is 1.82 bits per heavy atom. The standard InChI is InChI=1S/C29H40N2O7S/c1-28-10-9-25(38-27(35)31-18-12-19(36-3)14-20(13-18)37-4)29(2,17-32)24(28)8-7-23(33)22(28)15-26(34)30-16-21-6-5-11-39-21/h5-6,11-14,22-25,32-33H,7-10,15-17H2,1-4H3,(H,30,34)(H,31,35). The first kappa shape index (κ1) is 29.2. The second-order valence-corrected chi connectivity index (χ2v) is 12.2. The van der Waals surface area contributed by atoms with E-state index in [-0.39, 0.29) is 30.8 Å². The number of benzene rings is 1. The number of hydrogen-bond donors (Lipinski definition) is 4. The van der Waals surface area contributed by atoms with E-state index in [0.29, 0.717) is 49.4 Å². The molecule has 4 rings (SSSR count). The number of fused-ring (bicyclic) bond motifs is 1. The van der Waals surface area contributed by atoms with Crippen molar-refractivity contribution in [3.05, 3.63) is 40.6 Å². The Labute approximate surface area is 233 Å². The number of anilines is 1. The van der Waals surface area contributed by atoms with Gasteiger partial charge in [-0.25, -0.2) is 4.79 Å². The lowest BCUT2D eigenvalue weighted by Gasteiger charge is -2.60. The molecule has 2 fully saturated rings. The Balaban J connectivity index is 1.46. The number of nitrogens with one attached hydrogen (secondary N) is 2. The molecule has 2 aliphatic rings. The normalized spacial score (nSPS) is 30.1. The number of aliphatic hydroxyl groups is 2. The summed E-state index contributed by atoms with van der Waals surface area (Å²) in [5, 5.41) is 29.4. The minimum absolute atomic E-state index is 0.0445. The van der Waals surface area contributed by atoms with Crippen LogP contribution in [0.25, 0.3) is 0 Å². The molecule has 0 bridgehead atoms. The molecular formula is C29H40N2O7S. The van der Waals surface area contributed by atoms with Gasteiger partial charge >= 0.3 is 6.09 Å². The molecule has 0 aliphatic heterocycles. The predicted octanol–water partition coefficient (Wildman–Crippen LogP) is 4.57. The second kappa shape index (κ2) is 12.1. The minimum atomic E-state index is -0.734. The molecule has 2 aliphatic carbocycles. The van der Waals surface area contributed by atoms with Crippen molar-refractivity contribution in [1.82, 2.24) is 5.32 Å². The maximum atomic E-state index is 13.0. The van der Waals surface area contributed by atoms with Crippen molar-refractivity contribution in [2.45, 2.75) is 64.7 Å². The Morgan fingerprint density at radius 3 is 2.44 bits per heavy atom. The lowest BCUT2D eigenvalue weighted by molar-refractivity contribution is -0.185. The SMILES string of the molecule is COc1cc(NC(=O)OC2CCC3(C)C(CC(=O)NCc4cccs4)C(O)CCC3C2(C)CO)cc(OC)c1. The zero-order valence-electron chi connectivity index (χ0n) is 23.1. The van der Waals surface area contributed by atoms with Crippen molar-refractivity contribution in [2.24, 2.45) is 22.7 Å². The van der Waals surface area contributed by atoms with Crippen molar-refractivity contribution >= 4 is 29.0 Å². The first-order valence-corrected chi connectivity index (χ1v) is 14.3. The fraction of sp³-hybridized carbons (Fsp3) is 0.586. The van der Waals surface area contributed by atoms with Crippen LogP contribution < -0.4 is 20.1 Å². The smallest absolute Gasteiger partial charge is 0.411 e. The molecule has 0 spiro atoms. The molecule has 10 heteroatoms. The Kier molecular flexibility index (Phi) is 9.08. The summed E-state index contributed by atoms with van der Waals surface area (Å²) in [5.41, 5.74) is -0.661. The average Bonchev–Trinajstić information content (AvgIpc) is 3.45. The quantitative estimate of drug-likeness (QED) is 0.354. The molecule has 6 unspecified atom stereocenters. The highest BCUT2D eigenvalue weighted by molar-refractivity contribution is 7.09. The first-order valence-electron chi connectivity index (χ1n) is 13.4. The molecule has 6 atom stereocenters. The van der Waals surface area contributed by atoms with Gasteiger partial charge in [-0.15, -0.1) is 11.3 Å². The van der Waals surface area contributed by atoms with Crippen LogP contribution in [-0.4, -0.2) is 55.2 Å². The number of carbonyl (C=O) groups excluding carboxylic acids is 2. The monoisotopic (exact) mass is 560 g/mol. The van der Waals surface area contributed by atoms with Crippen molar-refractivity contribution in [2.75, 3.05) is 26.1 Å². The molecule has 0 radical (unpaired) electrons. The van der Waals surface area contributed by atoms with Crippen LogP contribution in [0.15, 0.2) is 35.7 Å². The van der Waals surface area contributed by atoms with E-state index in [4.69, 9.17) is 14.2 Å². The van der Waals surface area contributed by atoms with Crippen LogP contribution in [0.5, 0.6) is 11.5 Å². The van der Waals surface area contributed by atoms with E-state index in [0.717, 1.165) is 4.88 Å². The topological polar surface area (TPSA) is 126 Å². The van der Waals surface area contributed by atoms with Gasteiger partial charge < -0.3 is 29.7 Å². The Hall–Kier alpha value is -2.82. The number of carbonyl (C=O) groups is 2. The lowest BCUT2D eigenvalue weighted by Crippen LogP contribution is -2.61. The molecular weight excluding hydrogens is 520 g/mol. The van der Waals surface area contributed by atoms with Gasteiger partial charge in [-0.3, -0.25) is 10.1 Å². The molecule has 1 heterocycles. The molecule has 1 aromatic heterocycles. The lowest BCUT2D eigenvalue weighted by atomic mass is 9.46. The molecule has 2 saturated carbocycles. The van der Waals surface area contributed by atoms with E-state index < -0.39 is 29.1 Å². The summed E-state index contributed by atoms with van der Waals surface area (Å²) >= 11 is 1.59. The fourth-order valence-corrected chi connectivity index (χ4v) is 7.45. The van der Waals surface area contributed by atoms with Crippen LogP contribution in [0.4, 0.5) is 10.5 Å². The third-order valence-corrected chi connectivity index (χ3v) is 9.84. The summed E-state index contributed by atoms with van der Waals surface area (Å²) in [5.74, 6) is 0.668. The van der Waals surface area contributed by atoms with Gasteiger partial charge in [-0.1, -0.05) is 19.9 Å². The van der Waals surface area contributed by atoms with E-state index in [1.807, 2.05) is 24.4 Å². The fourth-order valence-electron chi connectivity index (χ4n) is 6.81. The van der Waals surface area contributed by atoms with Crippen LogP contribution >= 0.6 is 11.3 Å². The predicted molar refractivity (Wildman–Crippen MR) is 149 cm³/mol. The molecule has 2 aromatic rings. The van der Waals surface area contributed by atoms with E-state index in [2.05, 4.69) is 17.6 Å². The van der Waals surface area contributed by atoms with Crippen LogP contribution in [-0.2, 0) is 16.1 Å². The van der Waals surface area contributed by atoms with E-state index in [9.17, 15) is 19.8 Å². The van der Waals surface area contributed by atoms with Gasteiger partial charge in [0, 0.05) is 34.9 Å². The Morgan fingerprint density at radius 1 is 1.10 bits per heavy atom. The van der Waals surface area contributed by atoms with Crippen molar-refractivity contribution in [3.8, 4) is 11.5 Å². The van der Waals surface area contributed by atoms with Crippen LogP contribution in [0.2, 0.25) is 0 Å². The maximum absolute atomic E-state index is 13.0. The van der Waals surface area contributed by atoms with Gasteiger partial charge in [0.25, 0.3) is 0 Å². The number of rotatable bonds is 9. The maximum Gasteiger partial charge on any atom is 0.411 e. The van der Waals surface area contributed by atoms with Crippen LogP contribution in [0, 0.1) is 22.7 Å². The molecule has 2 amide bonds. The third kappa shape index (κ3) is 6.18. The number of methoxy groups -OCH3 is 2. The van der Waals surface area contributed by atoms with E-state index in [1.165, 1.54) is 14.2 Å². The van der Waals surface area contributed by atoms with Crippen LogP contribution in [0.3, 0.4) is 0 Å². The first-order chi connectivity index (χ1) is 18.6. The molecule has 214 valence electrons. The van der Waals surface area contributed by atoms with Gasteiger partial charge in [0.1, 0.15) is 17.6 Å². The summed E-state index contributed by atoms with van der Waals surface area (Å²) < 4.78 is 16.5. The average molecular weight is 561 g/mol. The molecule has 4 N–H and O–H groups in total. The van der Waals surface area contributed by atoms with Gasteiger partial charge in [-0.2, -0.15) is 0 Å². The van der Waals surface area contributed by atoms with E-state index >= 15 is 0 Å². The number of hydrogen-bond acceptors (Lipinski definition) is 8. The van der Waals surface area contributed by atoms with Crippen LogP contribution in [0.1, 0.15) is 50.8 Å². The van der Waals surface area contributed by atoms with E-state index in [1.54, 1.807) is 29.5 Å². The number of ether oxygens (including phenoxy) is 3. The molecule has 9 nitrogen and oxygen atoms in total. The van der Waals surface area contributed by atoms with Gasteiger partial charge in [0.15, 0.2) is 0 Å². The summed E-state index contributed by atoms with van der Waals surface area (Å²) in [6.45, 7) is 4.36. The summed E-state index contributed by atoms with van der Waals surface area (Å²) in [6, 6.07) is 8.98. The van der Waals surface area contributed by atoms with Gasteiger partial charge in [0.2, 0.25) is 5.91 Å². The zero-order valence-corrected chi connectivity index (χ0v) is 23.9. The highest BCUT2D eigenvalue weighted by atomic mass is 32.1. The number of amides is 2. The largest absolute Gasteiger partial charge is 0.497 e. The van der Waals surface area contributed by atoms with Gasteiger partial charge in [0.05, 0.1) is 39.2 Å². The highest BCUT2D eigenvalue weighted by Crippen LogP contribution is 2.61.